The molecule has 1 aromatic rings. The number of carbonyl (C=O) groups excluding carboxylic acids is 1. The first-order chi connectivity index (χ1) is 9.29. The second kappa shape index (κ2) is 7.70. The molecule has 1 aromatic carbocycles. The largest absolute Gasteiger partial charge is 0.300 e. The third-order valence-electron chi connectivity index (χ3n) is 2.99. The molecule has 0 aliphatic rings. The number of hydrogen-bond acceptors (Lipinski definition) is 2. The van der Waals surface area contributed by atoms with Crippen LogP contribution in [0, 0.1) is 0 Å². The summed E-state index contributed by atoms with van der Waals surface area (Å²) < 4.78 is 14.9. The maximum atomic E-state index is 12.2. The highest BCUT2D eigenvalue weighted by molar-refractivity contribution is 7.84. The van der Waals surface area contributed by atoms with Gasteiger partial charge in [-0.15, -0.1) is 0 Å². The van der Waals surface area contributed by atoms with Crippen molar-refractivity contribution in [3.63, 3.8) is 0 Å². The first-order valence-corrected chi connectivity index (χ1v) is 8.15. The van der Waals surface area contributed by atoms with E-state index in [0.29, 0.717) is 6.42 Å². The summed E-state index contributed by atoms with van der Waals surface area (Å²) in [5.41, 5.74) is 1.24. The third-order valence-corrected chi connectivity index (χ3v) is 4.65. The van der Waals surface area contributed by atoms with Crippen LogP contribution in [0.1, 0.15) is 46.1 Å². The molecule has 0 radical (unpaired) electrons. The van der Waals surface area contributed by atoms with Crippen molar-refractivity contribution < 1.29 is 9.00 Å². The van der Waals surface area contributed by atoms with E-state index < -0.39 is 11.0 Å². The fraction of sp³-hybridized carbons (Fsp3) is 0.562. The van der Waals surface area contributed by atoms with Crippen LogP contribution in [-0.2, 0) is 22.2 Å². The Morgan fingerprint density at radius 2 is 1.85 bits per heavy atom. The molecule has 2 atom stereocenters. The highest BCUT2D eigenvalue weighted by atomic mass is 32.2. The number of Topliss-reactive ketones (excluding diaryl/α,β-unsaturated/α-hetero) is 1. The molecule has 0 amide bonds. The maximum Gasteiger partial charge on any atom is 0.131 e. The van der Waals surface area contributed by atoms with Gasteiger partial charge in [0.1, 0.15) is 5.78 Å². The average molecular weight is 295 g/mol. The van der Waals surface area contributed by atoms with E-state index in [1.165, 1.54) is 5.56 Å². The predicted octanol–water partition coefficient (Wildman–Crippen LogP) is 3.02. The lowest BCUT2D eigenvalue weighted by Gasteiger charge is -2.23. The first kappa shape index (κ1) is 17.1. The Balaban J connectivity index is 2.60. The van der Waals surface area contributed by atoms with Crippen LogP contribution >= 0.6 is 0 Å². The van der Waals surface area contributed by atoms with E-state index in [4.69, 9.17) is 0 Å². The molecule has 0 fully saturated rings. The lowest BCUT2D eigenvalue weighted by molar-refractivity contribution is -0.117. The van der Waals surface area contributed by atoms with Crippen LogP contribution in [-0.4, -0.2) is 20.8 Å². The number of ketones is 1. The standard InChI is InChI=1S/C16H25NO2S/c1-13(18)12-15(17-20(19)16(2,3)4)11-10-14-8-6-5-7-9-14/h5-9,15,17H,10-12H2,1-4H3/t15-,20?/m1/s1. The van der Waals surface area contributed by atoms with Gasteiger partial charge in [-0.3, -0.25) is 4.79 Å². The summed E-state index contributed by atoms with van der Waals surface area (Å²) >= 11 is 0. The molecular formula is C16H25NO2S. The smallest absolute Gasteiger partial charge is 0.131 e. The zero-order valence-electron chi connectivity index (χ0n) is 12.8. The zero-order valence-corrected chi connectivity index (χ0v) is 13.6. The summed E-state index contributed by atoms with van der Waals surface area (Å²) in [6.45, 7) is 7.37. The van der Waals surface area contributed by atoms with E-state index in [1.807, 2.05) is 39.0 Å². The molecule has 0 aromatic heterocycles. The Labute approximate surface area is 124 Å². The molecule has 112 valence electrons. The number of rotatable bonds is 7. The van der Waals surface area contributed by atoms with E-state index in [0.717, 1.165) is 12.8 Å². The molecule has 0 bridgehead atoms. The monoisotopic (exact) mass is 295 g/mol. The van der Waals surface area contributed by atoms with Crippen molar-refractivity contribution in [1.29, 1.82) is 0 Å². The topological polar surface area (TPSA) is 46.2 Å². The fourth-order valence-corrected chi connectivity index (χ4v) is 2.72. The molecule has 1 rings (SSSR count). The van der Waals surface area contributed by atoms with Crippen molar-refractivity contribution in [2.24, 2.45) is 0 Å². The Hall–Kier alpha value is -1.00. The van der Waals surface area contributed by atoms with Gasteiger partial charge < -0.3 is 0 Å². The summed E-state index contributed by atoms with van der Waals surface area (Å²) in [5.74, 6) is 0.126. The van der Waals surface area contributed by atoms with Gasteiger partial charge in [0.05, 0.1) is 15.7 Å². The number of carbonyl (C=O) groups is 1. The van der Waals surface area contributed by atoms with Crippen molar-refractivity contribution in [2.75, 3.05) is 0 Å². The van der Waals surface area contributed by atoms with Crippen molar-refractivity contribution in [3.05, 3.63) is 35.9 Å². The normalized spacial score (nSPS) is 14.8. The summed E-state index contributed by atoms with van der Waals surface area (Å²) in [4.78, 5) is 11.4. The van der Waals surface area contributed by atoms with E-state index in [9.17, 15) is 9.00 Å². The SMILES string of the molecule is CC(=O)C[C@@H](CCc1ccccc1)NS(=O)C(C)(C)C. The second-order valence-corrected chi connectivity index (χ2v) is 8.12. The summed E-state index contributed by atoms with van der Waals surface area (Å²) in [6.07, 6.45) is 2.12. The molecule has 20 heavy (non-hydrogen) atoms. The van der Waals surface area contributed by atoms with Gasteiger partial charge in [0.25, 0.3) is 0 Å². The summed E-state index contributed by atoms with van der Waals surface area (Å²) in [7, 11) is -1.14. The molecule has 1 unspecified atom stereocenters. The molecule has 0 saturated heterocycles. The van der Waals surface area contributed by atoms with E-state index in [2.05, 4.69) is 16.9 Å². The minimum atomic E-state index is -1.14. The lowest BCUT2D eigenvalue weighted by atomic mass is 10.0. The molecule has 0 spiro atoms. The van der Waals surface area contributed by atoms with E-state index in [-0.39, 0.29) is 16.6 Å². The fourth-order valence-electron chi connectivity index (χ4n) is 1.86. The second-order valence-electron chi connectivity index (χ2n) is 6.13. The molecule has 3 nitrogen and oxygen atoms in total. The van der Waals surface area contributed by atoms with Gasteiger partial charge in [0.2, 0.25) is 0 Å². The number of hydrogen-bond donors (Lipinski definition) is 1. The van der Waals surface area contributed by atoms with Crippen LogP contribution in [0.4, 0.5) is 0 Å². The first-order valence-electron chi connectivity index (χ1n) is 7.00. The van der Waals surface area contributed by atoms with Crippen molar-refractivity contribution in [2.45, 2.75) is 57.7 Å². The van der Waals surface area contributed by atoms with Crippen LogP contribution in [0.3, 0.4) is 0 Å². The lowest BCUT2D eigenvalue weighted by Crippen LogP contribution is -2.40. The summed E-state index contributed by atoms with van der Waals surface area (Å²) in [5, 5.41) is 0. The predicted molar refractivity (Wildman–Crippen MR) is 84.9 cm³/mol. The Morgan fingerprint density at radius 1 is 1.25 bits per heavy atom. The van der Waals surface area contributed by atoms with Crippen LogP contribution in [0.5, 0.6) is 0 Å². The minimum Gasteiger partial charge on any atom is -0.300 e. The quantitative estimate of drug-likeness (QED) is 0.840. The highest BCUT2D eigenvalue weighted by Crippen LogP contribution is 2.13. The summed E-state index contributed by atoms with van der Waals surface area (Å²) in [6, 6.07) is 10.1. The van der Waals surface area contributed by atoms with Gasteiger partial charge in [0.15, 0.2) is 0 Å². The van der Waals surface area contributed by atoms with Crippen molar-refractivity contribution in [3.8, 4) is 0 Å². The van der Waals surface area contributed by atoms with Crippen LogP contribution in [0.2, 0.25) is 0 Å². The molecule has 0 aliphatic carbocycles. The zero-order chi connectivity index (χ0) is 15.2. The van der Waals surface area contributed by atoms with Gasteiger partial charge in [-0.1, -0.05) is 30.3 Å². The van der Waals surface area contributed by atoms with Crippen LogP contribution < -0.4 is 4.72 Å². The Kier molecular flexibility index (Phi) is 6.56. The highest BCUT2D eigenvalue weighted by Gasteiger charge is 2.23. The van der Waals surface area contributed by atoms with Gasteiger partial charge in [0, 0.05) is 12.5 Å². The number of aryl methyl sites for hydroxylation is 1. The molecule has 0 saturated carbocycles. The van der Waals surface area contributed by atoms with Gasteiger partial charge in [-0.05, 0) is 46.1 Å². The van der Waals surface area contributed by atoms with E-state index >= 15 is 0 Å². The maximum absolute atomic E-state index is 12.2. The average Bonchev–Trinajstić information content (AvgIpc) is 2.35. The minimum absolute atomic E-state index is 0.0345. The molecule has 0 heterocycles. The third kappa shape index (κ3) is 6.44. The molecule has 0 aliphatic heterocycles. The van der Waals surface area contributed by atoms with Crippen molar-refractivity contribution in [1.82, 2.24) is 4.72 Å². The van der Waals surface area contributed by atoms with E-state index in [1.54, 1.807) is 6.92 Å². The van der Waals surface area contributed by atoms with Gasteiger partial charge in [-0.2, -0.15) is 0 Å². The molecular weight excluding hydrogens is 270 g/mol. The molecule has 4 heteroatoms. The van der Waals surface area contributed by atoms with Gasteiger partial charge in [-0.25, -0.2) is 8.93 Å². The number of nitrogens with one attached hydrogen (secondary N) is 1. The Morgan fingerprint density at radius 3 is 2.35 bits per heavy atom. The number of benzene rings is 1. The molecule has 1 N–H and O–H groups in total. The van der Waals surface area contributed by atoms with Crippen LogP contribution in [0.25, 0.3) is 0 Å². The Bertz CT molecular complexity index is 451. The van der Waals surface area contributed by atoms with Crippen molar-refractivity contribution >= 4 is 16.8 Å². The van der Waals surface area contributed by atoms with Gasteiger partial charge >= 0.3 is 0 Å². The van der Waals surface area contributed by atoms with Crippen LogP contribution in [0.15, 0.2) is 30.3 Å².